The van der Waals surface area contributed by atoms with Gasteiger partial charge >= 0.3 is 0 Å². The van der Waals surface area contributed by atoms with Gasteiger partial charge in [-0.3, -0.25) is 0 Å². The summed E-state index contributed by atoms with van der Waals surface area (Å²) in [5.74, 6) is 0. The number of nitrogens with zero attached hydrogens (tertiary/aromatic N) is 1. The van der Waals surface area contributed by atoms with Crippen LogP contribution in [0.4, 0.5) is 0 Å². The van der Waals surface area contributed by atoms with Gasteiger partial charge in [-0.1, -0.05) is 26.7 Å². The SMILES string of the molecule is CCC(N)(CC)CN1CCC2(CCCC2)CC1. The molecule has 100 valence electrons. The lowest BCUT2D eigenvalue weighted by Crippen LogP contribution is -2.52. The van der Waals surface area contributed by atoms with E-state index in [9.17, 15) is 0 Å². The molecular weight excluding hydrogens is 208 g/mol. The van der Waals surface area contributed by atoms with E-state index >= 15 is 0 Å². The summed E-state index contributed by atoms with van der Waals surface area (Å²) < 4.78 is 0. The van der Waals surface area contributed by atoms with Crippen LogP contribution in [0.2, 0.25) is 0 Å². The van der Waals surface area contributed by atoms with Crippen molar-refractivity contribution in [2.45, 2.75) is 70.8 Å². The summed E-state index contributed by atoms with van der Waals surface area (Å²) in [5, 5.41) is 0. The zero-order valence-electron chi connectivity index (χ0n) is 11.8. The van der Waals surface area contributed by atoms with Crippen molar-refractivity contribution in [2.75, 3.05) is 19.6 Å². The number of hydrogen-bond acceptors (Lipinski definition) is 2. The van der Waals surface area contributed by atoms with Gasteiger partial charge in [0.15, 0.2) is 0 Å². The largest absolute Gasteiger partial charge is 0.324 e. The van der Waals surface area contributed by atoms with Crippen molar-refractivity contribution < 1.29 is 0 Å². The van der Waals surface area contributed by atoms with Crippen LogP contribution in [0, 0.1) is 5.41 Å². The summed E-state index contributed by atoms with van der Waals surface area (Å²) in [6.45, 7) is 8.14. The van der Waals surface area contributed by atoms with Gasteiger partial charge in [0.1, 0.15) is 0 Å². The third-order valence-corrected chi connectivity index (χ3v) is 5.53. The molecule has 17 heavy (non-hydrogen) atoms. The van der Waals surface area contributed by atoms with Crippen molar-refractivity contribution in [3.05, 3.63) is 0 Å². The summed E-state index contributed by atoms with van der Waals surface area (Å²) >= 11 is 0. The molecule has 1 saturated carbocycles. The highest BCUT2D eigenvalue weighted by Crippen LogP contribution is 2.46. The van der Waals surface area contributed by atoms with Crippen LogP contribution in [0.1, 0.15) is 65.2 Å². The van der Waals surface area contributed by atoms with E-state index in [4.69, 9.17) is 5.73 Å². The topological polar surface area (TPSA) is 29.3 Å². The molecule has 0 aromatic carbocycles. The molecule has 0 atom stereocenters. The number of likely N-dealkylation sites (tertiary alicyclic amines) is 1. The maximum atomic E-state index is 6.43. The van der Waals surface area contributed by atoms with Gasteiger partial charge in [0.05, 0.1) is 0 Å². The molecule has 1 aliphatic heterocycles. The minimum Gasteiger partial charge on any atom is -0.324 e. The second kappa shape index (κ2) is 5.27. The first-order valence-electron chi connectivity index (χ1n) is 7.63. The highest BCUT2D eigenvalue weighted by atomic mass is 15.2. The van der Waals surface area contributed by atoms with Crippen LogP contribution in [0.15, 0.2) is 0 Å². The standard InChI is InChI=1S/C15H30N2/c1-3-15(16,4-2)13-17-11-9-14(10-12-17)7-5-6-8-14/h3-13,16H2,1-2H3. The van der Waals surface area contributed by atoms with E-state index in [2.05, 4.69) is 18.7 Å². The fourth-order valence-electron chi connectivity index (χ4n) is 3.73. The first kappa shape index (κ1) is 13.4. The van der Waals surface area contributed by atoms with E-state index in [1.807, 2.05) is 0 Å². The molecule has 2 fully saturated rings. The average Bonchev–Trinajstić information content (AvgIpc) is 2.81. The van der Waals surface area contributed by atoms with Crippen molar-refractivity contribution in [3.63, 3.8) is 0 Å². The third-order valence-electron chi connectivity index (χ3n) is 5.53. The Morgan fingerprint density at radius 1 is 1.00 bits per heavy atom. The van der Waals surface area contributed by atoms with Gasteiger partial charge in [-0.15, -0.1) is 0 Å². The van der Waals surface area contributed by atoms with Crippen molar-refractivity contribution in [1.82, 2.24) is 4.90 Å². The molecule has 2 nitrogen and oxygen atoms in total. The summed E-state index contributed by atoms with van der Waals surface area (Å²) in [7, 11) is 0. The molecule has 1 aliphatic carbocycles. The summed E-state index contributed by atoms with van der Waals surface area (Å²) in [5.41, 5.74) is 7.23. The zero-order chi connectivity index (χ0) is 12.4. The molecule has 2 rings (SSSR count). The Balaban J connectivity index is 1.82. The van der Waals surface area contributed by atoms with Crippen molar-refractivity contribution >= 4 is 0 Å². The minimum absolute atomic E-state index is 0.0557. The first-order chi connectivity index (χ1) is 8.11. The highest BCUT2D eigenvalue weighted by Gasteiger charge is 2.37. The molecule has 0 radical (unpaired) electrons. The molecule has 2 heteroatoms. The normalized spacial score (nSPS) is 25.6. The number of rotatable bonds is 4. The van der Waals surface area contributed by atoms with E-state index < -0.39 is 0 Å². The summed E-state index contributed by atoms with van der Waals surface area (Å²) in [6.07, 6.45) is 11.0. The van der Waals surface area contributed by atoms with E-state index in [1.165, 1.54) is 51.6 Å². The molecule has 0 bridgehead atoms. The van der Waals surface area contributed by atoms with Crippen LogP contribution in [0.25, 0.3) is 0 Å². The number of hydrogen-bond donors (Lipinski definition) is 1. The Bertz CT molecular complexity index is 229. The molecule has 1 saturated heterocycles. The van der Waals surface area contributed by atoms with Crippen molar-refractivity contribution in [1.29, 1.82) is 0 Å². The van der Waals surface area contributed by atoms with Crippen LogP contribution >= 0.6 is 0 Å². The lowest BCUT2D eigenvalue weighted by atomic mass is 9.76. The summed E-state index contributed by atoms with van der Waals surface area (Å²) in [4.78, 5) is 2.62. The van der Waals surface area contributed by atoms with Crippen molar-refractivity contribution in [2.24, 2.45) is 11.1 Å². The van der Waals surface area contributed by atoms with Crippen LogP contribution in [-0.2, 0) is 0 Å². The van der Waals surface area contributed by atoms with Crippen LogP contribution in [0.5, 0.6) is 0 Å². The molecule has 2 aliphatic rings. The second-order valence-corrected chi connectivity index (χ2v) is 6.55. The van der Waals surface area contributed by atoms with Gasteiger partial charge in [0.25, 0.3) is 0 Å². The molecule has 1 spiro atoms. The maximum absolute atomic E-state index is 6.43. The van der Waals surface area contributed by atoms with Crippen LogP contribution in [-0.4, -0.2) is 30.1 Å². The molecule has 0 amide bonds. The predicted octanol–water partition coefficient (Wildman–Crippen LogP) is 3.16. The second-order valence-electron chi connectivity index (χ2n) is 6.55. The van der Waals surface area contributed by atoms with Crippen LogP contribution in [0.3, 0.4) is 0 Å². The molecule has 0 aromatic heterocycles. The van der Waals surface area contributed by atoms with Gasteiger partial charge in [0, 0.05) is 12.1 Å². The molecule has 0 unspecified atom stereocenters. The fraction of sp³-hybridized carbons (Fsp3) is 1.00. The molecule has 1 heterocycles. The monoisotopic (exact) mass is 238 g/mol. The van der Waals surface area contributed by atoms with Gasteiger partial charge in [-0.25, -0.2) is 0 Å². The molecule has 2 N–H and O–H groups in total. The Morgan fingerprint density at radius 2 is 1.53 bits per heavy atom. The fourth-order valence-corrected chi connectivity index (χ4v) is 3.73. The minimum atomic E-state index is 0.0557. The van der Waals surface area contributed by atoms with Gasteiger partial charge in [-0.2, -0.15) is 0 Å². The van der Waals surface area contributed by atoms with Crippen LogP contribution < -0.4 is 5.73 Å². The van der Waals surface area contributed by atoms with E-state index in [1.54, 1.807) is 0 Å². The van der Waals surface area contributed by atoms with E-state index in [-0.39, 0.29) is 5.54 Å². The molecular formula is C15H30N2. The third kappa shape index (κ3) is 3.03. The van der Waals surface area contributed by atoms with E-state index in [0.717, 1.165) is 24.8 Å². The van der Waals surface area contributed by atoms with Gasteiger partial charge < -0.3 is 10.6 Å². The Kier molecular flexibility index (Phi) is 4.14. The van der Waals surface area contributed by atoms with Crippen molar-refractivity contribution in [3.8, 4) is 0 Å². The lowest BCUT2D eigenvalue weighted by Gasteiger charge is -2.42. The predicted molar refractivity (Wildman–Crippen MR) is 74.1 cm³/mol. The van der Waals surface area contributed by atoms with Gasteiger partial charge in [0.2, 0.25) is 0 Å². The van der Waals surface area contributed by atoms with Gasteiger partial charge in [-0.05, 0) is 57.0 Å². The lowest BCUT2D eigenvalue weighted by molar-refractivity contribution is 0.0875. The quantitative estimate of drug-likeness (QED) is 0.815. The maximum Gasteiger partial charge on any atom is 0.0278 e. The first-order valence-corrected chi connectivity index (χ1v) is 7.63. The molecule has 0 aromatic rings. The Labute approximate surface area is 107 Å². The smallest absolute Gasteiger partial charge is 0.0278 e. The Morgan fingerprint density at radius 3 is 2.00 bits per heavy atom. The zero-order valence-corrected chi connectivity index (χ0v) is 11.8. The number of piperidine rings is 1. The number of nitrogens with two attached hydrogens (primary N) is 1. The average molecular weight is 238 g/mol. The Hall–Kier alpha value is -0.0800. The summed E-state index contributed by atoms with van der Waals surface area (Å²) in [6, 6.07) is 0. The highest BCUT2D eigenvalue weighted by molar-refractivity contribution is 4.92. The van der Waals surface area contributed by atoms with E-state index in [0.29, 0.717) is 0 Å².